The molecule has 0 spiro atoms. The van der Waals surface area contributed by atoms with Crippen LogP contribution in [0.5, 0.6) is 0 Å². The van der Waals surface area contributed by atoms with Gasteiger partial charge in [0.25, 0.3) is 0 Å². The van der Waals surface area contributed by atoms with Gasteiger partial charge in [0.05, 0.1) is 30.6 Å². The van der Waals surface area contributed by atoms with Gasteiger partial charge in [-0.3, -0.25) is 0 Å². The fourth-order valence-corrected chi connectivity index (χ4v) is 1.80. The van der Waals surface area contributed by atoms with Crippen LogP contribution in [0.25, 0.3) is 0 Å². The number of anilines is 2. The summed E-state index contributed by atoms with van der Waals surface area (Å²) in [6, 6.07) is 1.43. The monoisotopic (exact) mass is 276 g/mol. The number of carbonyl (C=O) groups excluding carboxylic acids is 1. The number of pyridine rings is 1. The van der Waals surface area contributed by atoms with Crippen LogP contribution in [0.1, 0.15) is 29.1 Å². The minimum absolute atomic E-state index is 0.121. The zero-order valence-electron chi connectivity index (χ0n) is 11.5. The van der Waals surface area contributed by atoms with Gasteiger partial charge in [-0.2, -0.15) is 0 Å². The Hall–Kier alpha value is -2.64. The van der Waals surface area contributed by atoms with Gasteiger partial charge in [0.2, 0.25) is 0 Å². The predicted octanol–water partition coefficient (Wildman–Crippen LogP) is 0.752. The molecule has 0 fully saturated rings. The molecule has 3 N–H and O–H groups in total. The van der Waals surface area contributed by atoms with E-state index in [-0.39, 0.29) is 17.3 Å². The van der Waals surface area contributed by atoms with Gasteiger partial charge < -0.3 is 20.4 Å². The molecule has 2 rings (SSSR count). The van der Waals surface area contributed by atoms with Gasteiger partial charge in [-0.1, -0.05) is 0 Å². The number of hydrogen-bond acceptors (Lipinski definition) is 7. The third kappa shape index (κ3) is 2.68. The lowest BCUT2D eigenvalue weighted by molar-refractivity contribution is 0.0602. The molecule has 1 unspecified atom stereocenters. The van der Waals surface area contributed by atoms with Crippen molar-refractivity contribution >= 4 is 17.5 Å². The Morgan fingerprint density at radius 3 is 2.90 bits per heavy atom. The van der Waals surface area contributed by atoms with Crippen LogP contribution in [0, 0.1) is 0 Å². The molecule has 2 aromatic rings. The number of ether oxygens (including phenoxy) is 1. The normalized spacial score (nSPS) is 11.9. The summed E-state index contributed by atoms with van der Waals surface area (Å²) in [7, 11) is 3.15. The lowest BCUT2D eigenvalue weighted by Crippen LogP contribution is -2.14. The van der Waals surface area contributed by atoms with Crippen molar-refractivity contribution in [2.75, 3.05) is 18.2 Å². The Kier molecular flexibility index (Phi) is 3.83. The maximum Gasteiger partial charge on any atom is 0.340 e. The molecule has 0 radical (unpaired) electrons. The van der Waals surface area contributed by atoms with E-state index in [0.29, 0.717) is 5.82 Å². The molecule has 8 heteroatoms. The first-order valence-electron chi connectivity index (χ1n) is 5.97. The second-order valence-electron chi connectivity index (χ2n) is 4.31. The Morgan fingerprint density at radius 2 is 2.30 bits per heavy atom. The maximum atomic E-state index is 11.6. The molecule has 0 bridgehead atoms. The smallest absolute Gasteiger partial charge is 0.340 e. The molecule has 106 valence electrons. The number of nitrogen functional groups attached to an aromatic ring is 1. The second kappa shape index (κ2) is 5.55. The van der Waals surface area contributed by atoms with Crippen molar-refractivity contribution in [2.24, 2.45) is 7.05 Å². The number of aromatic nitrogens is 4. The van der Waals surface area contributed by atoms with Crippen LogP contribution in [0.2, 0.25) is 0 Å². The molecule has 0 saturated carbocycles. The number of methoxy groups -OCH3 is 1. The fourth-order valence-electron chi connectivity index (χ4n) is 1.80. The quantitative estimate of drug-likeness (QED) is 0.793. The number of hydrogen-bond donors (Lipinski definition) is 2. The maximum absolute atomic E-state index is 11.6. The van der Waals surface area contributed by atoms with Gasteiger partial charge in [-0.25, -0.2) is 9.78 Å². The van der Waals surface area contributed by atoms with Gasteiger partial charge in [0, 0.05) is 7.05 Å². The number of nitrogens with one attached hydrogen (secondary N) is 1. The van der Waals surface area contributed by atoms with Crippen molar-refractivity contribution in [3.05, 3.63) is 30.0 Å². The van der Waals surface area contributed by atoms with E-state index in [1.54, 1.807) is 17.0 Å². The predicted molar refractivity (Wildman–Crippen MR) is 73.0 cm³/mol. The highest BCUT2D eigenvalue weighted by molar-refractivity contribution is 5.95. The molecule has 2 aromatic heterocycles. The molecule has 2 heterocycles. The SMILES string of the molecule is COC(=O)c1cc(NC(C)c2nncn2C)ncc1N. The Balaban J connectivity index is 2.22. The van der Waals surface area contributed by atoms with E-state index in [2.05, 4.69) is 25.2 Å². The van der Waals surface area contributed by atoms with Crippen LogP contribution < -0.4 is 11.1 Å². The van der Waals surface area contributed by atoms with Crippen molar-refractivity contribution in [1.29, 1.82) is 0 Å². The number of nitrogens with zero attached hydrogens (tertiary/aromatic N) is 4. The fraction of sp³-hybridized carbons (Fsp3) is 0.333. The van der Waals surface area contributed by atoms with Gasteiger partial charge >= 0.3 is 5.97 Å². The summed E-state index contributed by atoms with van der Waals surface area (Å²) in [4.78, 5) is 15.7. The van der Waals surface area contributed by atoms with Crippen molar-refractivity contribution in [2.45, 2.75) is 13.0 Å². The Bertz CT molecular complexity index is 624. The van der Waals surface area contributed by atoms with E-state index in [0.717, 1.165) is 5.82 Å². The highest BCUT2D eigenvalue weighted by Gasteiger charge is 2.15. The molecule has 0 saturated heterocycles. The van der Waals surface area contributed by atoms with Crippen LogP contribution in [0.15, 0.2) is 18.6 Å². The van der Waals surface area contributed by atoms with Gasteiger partial charge in [0.15, 0.2) is 5.82 Å². The van der Waals surface area contributed by atoms with E-state index < -0.39 is 5.97 Å². The minimum Gasteiger partial charge on any atom is -0.465 e. The summed E-state index contributed by atoms with van der Waals surface area (Å²) < 4.78 is 6.47. The molecule has 0 aliphatic carbocycles. The molecule has 20 heavy (non-hydrogen) atoms. The zero-order valence-corrected chi connectivity index (χ0v) is 11.5. The van der Waals surface area contributed by atoms with E-state index in [1.165, 1.54) is 13.3 Å². The van der Waals surface area contributed by atoms with E-state index in [9.17, 15) is 4.79 Å². The largest absolute Gasteiger partial charge is 0.465 e. The number of rotatable bonds is 4. The summed E-state index contributed by atoms with van der Waals surface area (Å²) in [6.07, 6.45) is 3.03. The third-order valence-corrected chi connectivity index (χ3v) is 2.84. The lowest BCUT2D eigenvalue weighted by Gasteiger charge is -2.14. The molecule has 0 amide bonds. The van der Waals surface area contributed by atoms with Gasteiger partial charge in [-0.05, 0) is 13.0 Å². The van der Waals surface area contributed by atoms with E-state index in [4.69, 9.17) is 5.73 Å². The molecule has 0 aliphatic rings. The number of esters is 1. The van der Waals surface area contributed by atoms with E-state index >= 15 is 0 Å². The van der Waals surface area contributed by atoms with Crippen molar-refractivity contribution in [3.63, 3.8) is 0 Å². The number of carbonyl (C=O) groups is 1. The summed E-state index contributed by atoms with van der Waals surface area (Å²) in [5.41, 5.74) is 6.24. The highest BCUT2D eigenvalue weighted by Crippen LogP contribution is 2.19. The highest BCUT2D eigenvalue weighted by atomic mass is 16.5. The first-order chi connectivity index (χ1) is 9.52. The van der Waals surface area contributed by atoms with Crippen LogP contribution in [0.4, 0.5) is 11.5 Å². The first-order valence-corrected chi connectivity index (χ1v) is 5.97. The summed E-state index contributed by atoms with van der Waals surface area (Å²) in [5.74, 6) is 0.762. The zero-order chi connectivity index (χ0) is 14.7. The topological polar surface area (TPSA) is 108 Å². The van der Waals surface area contributed by atoms with Crippen molar-refractivity contribution in [3.8, 4) is 0 Å². The average molecular weight is 276 g/mol. The molecule has 0 aromatic carbocycles. The summed E-state index contributed by atoms with van der Waals surface area (Å²) in [6.45, 7) is 1.92. The third-order valence-electron chi connectivity index (χ3n) is 2.84. The van der Waals surface area contributed by atoms with Crippen molar-refractivity contribution in [1.82, 2.24) is 19.7 Å². The Labute approximate surface area is 116 Å². The second-order valence-corrected chi connectivity index (χ2v) is 4.31. The van der Waals surface area contributed by atoms with Crippen molar-refractivity contribution < 1.29 is 9.53 Å². The van der Waals surface area contributed by atoms with Crippen LogP contribution in [0.3, 0.4) is 0 Å². The van der Waals surface area contributed by atoms with Crippen LogP contribution in [-0.2, 0) is 11.8 Å². The molecule has 0 aliphatic heterocycles. The number of aryl methyl sites for hydroxylation is 1. The number of nitrogens with two attached hydrogens (primary N) is 1. The Morgan fingerprint density at radius 1 is 1.55 bits per heavy atom. The average Bonchev–Trinajstić information content (AvgIpc) is 2.86. The molecule has 8 nitrogen and oxygen atoms in total. The van der Waals surface area contributed by atoms with Crippen LogP contribution in [-0.4, -0.2) is 32.8 Å². The molecular weight excluding hydrogens is 260 g/mol. The molecule has 1 atom stereocenters. The van der Waals surface area contributed by atoms with E-state index in [1.807, 2.05) is 14.0 Å². The molecular formula is C12H16N6O2. The van der Waals surface area contributed by atoms with Gasteiger partial charge in [0.1, 0.15) is 12.1 Å². The standard InChI is InChI=1S/C12H16N6O2/c1-7(11-17-15-6-18(11)2)16-10-4-8(12(19)20-3)9(13)5-14-10/h4-7H,13H2,1-3H3,(H,14,16). The van der Waals surface area contributed by atoms with Crippen LogP contribution >= 0.6 is 0 Å². The summed E-state index contributed by atoms with van der Waals surface area (Å²) in [5, 5.41) is 11.0. The van der Waals surface area contributed by atoms with Gasteiger partial charge in [-0.15, -0.1) is 10.2 Å². The lowest BCUT2D eigenvalue weighted by atomic mass is 10.2. The summed E-state index contributed by atoms with van der Waals surface area (Å²) >= 11 is 0. The minimum atomic E-state index is -0.501. The first kappa shape index (κ1) is 13.8.